The van der Waals surface area contributed by atoms with Gasteiger partial charge in [0.05, 0.1) is 13.2 Å². The highest BCUT2D eigenvalue weighted by atomic mass is 16.5. The summed E-state index contributed by atoms with van der Waals surface area (Å²) in [7, 11) is 0. The molecule has 0 bridgehead atoms. The van der Waals surface area contributed by atoms with Gasteiger partial charge in [-0.15, -0.1) is 0 Å². The maximum absolute atomic E-state index is 5.55. The molecule has 1 heterocycles. The number of morpholine rings is 1. The SMILES string of the molecule is CCCNC(C(CC)CC)C(C)(CC)N1CCOCC1. The first kappa shape index (κ1) is 17.9. The van der Waals surface area contributed by atoms with Gasteiger partial charge in [-0.2, -0.15) is 0 Å². The van der Waals surface area contributed by atoms with Crippen LogP contribution >= 0.6 is 0 Å². The van der Waals surface area contributed by atoms with Gasteiger partial charge in [0.25, 0.3) is 0 Å². The molecule has 0 saturated carbocycles. The van der Waals surface area contributed by atoms with Crippen molar-refractivity contribution < 1.29 is 4.74 Å². The summed E-state index contributed by atoms with van der Waals surface area (Å²) in [5.74, 6) is 0.759. The Labute approximate surface area is 126 Å². The lowest BCUT2D eigenvalue weighted by molar-refractivity contribution is -0.0417. The van der Waals surface area contributed by atoms with Gasteiger partial charge >= 0.3 is 0 Å². The number of nitrogens with zero attached hydrogens (tertiary/aromatic N) is 1. The molecule has 20 heavy (non-hydrogen) atoms. The molecule has 0 spiro atoms. The predicted molar refractivity (Wildman–Crippen MR) is 87.2 cm³/mol. The molecule has 0 radical (unpaired) electrons. The van der Waals surface area contributed by atoms with Crippen LogP contribution in [-0.2, 0) is 4.74 Å². The summed E-state index contributed by atoms with van der Waals surface area (Å²) < 4.78 is 5.55. The highest BCUT2D eigenvalue weighted by Gasteiger charge is 2.41. The maximum Gasteiger partial charge on any atom is 0.0594 e. The third kappa shape index (κ3) is 4.19. The lowest BCUT2D eigenvalue weighted by Gasteiger charge is -2.50. The molecule has 0 aromatic heterocycles. The molecule has 1 aliphatic rings. The Hall–Kier alpha value is -0.120. The molecule has 0 aliphatic carbocycles. The van der Waals surface area contributed by atoms with E-state index in [0.717, 1.165) is 38.8 Å². The first-order valence-corrected chi connectivity index (χ1v) is 8.70. The Bertz CT molecular complexity index is 249. The normalized spacial score (nSPS) is 21.9. The quantitative estimate of drug-likeness (QED) is 0.703. The van der Waals surface area contributed by atoms with Gasteiger partial charge in [0.1, 0.15) is 0 Å². The van der Waals surface area contributed by atoms with E-state index in [1.54, 1.807) is 0 Å². The van der Waals surface area contributed by atoms with E-state index >= 15 is 0 Å². The van der Waals surface area contributed by atoms with Gasteiger partial charge in [0.2, 0.25) is 0 Å². The van der Waals surface area contributed by atoms with E-state index in [2.05, 4.69) is 44.8 Å². The lowest BCUT2D eigenvalue weighted by Crippen LogP contribution is -2.64. The molecule has 0 amide bonds. The second-order valence-electron chi connectivity index (χ2n) is 6.32. The molecule has 3 heteroatoms. The summed E-state index contributed by atoms with van der Waals surface area (Å²) >= 11 is 0. The van der Waals surface area contributed by atoms with Crippen molar-refractivity contribution in [2.24, 2.45) is 5.92 Å². The van der Waals surface area contributed by atoms with Gasteiger partial charge in [0, 0.05) is 24.7 Å². The lowest BCUT2D eigenvalue weighted by atomic mass is 9.77. The molecule has 1 fully saturated rings. The summed E-state index contributed by atoms with van der Waals surface area (Å²) in [4.78, 5) is 2.67. The van der Waals surface area contributed by atoms with Gasteiger partial charge in [0.15, 0.2) is 0 Å². The second-order valence-corrected chi connectivity index (χ2v) is 6.32. The van der Waals surface area contributed by atoms with Crippen molar-refractivity contribution in [1.82, 2.24) is 10.2 Å². The van der Waals surface area contributed by atoms with E-state index in [-0.39, 0.29) is 5.54 Å². The Kier molecular flexibility index (Phi) is 8.08. The number of ether oxygens (including phenoxy) is 1. The number of nitrogens with one attached hydrogen (secondary N) is 1. The van der Waals surface area contributed by atoms with Crippen LogP contribution in [0, 0.1) is 5.92 Å². The molecule has 0 aromatic carbocycles. The first-order valence-electron chi connectivity index (χ1n) is 8.70. The molecular formula is C17H36N2O. The summed E-state index contributed by atoms with van der Waals surface area (Å²) in [6.07, 6.45) is 4.93. The van der Waals surface area contributed by atoms with E-state index in [4.69, 9.17) is 4.74 Å². The summed E-state index contributed by atoms with van der Waals surface area (Å²) in [6.45, 7) is 16.8. The van der Waals surface area contributed by atoms with Crippen LogP contribution in [0.25, 0.3) is 0 Å². The van der Waals surface area contributed by atoms with Crippen molar-refractivity contribution in [3.8, 4) is 0 Å². The fourth-order valence-electron chi connectivity index (χ4n) is 3.67. The van der Waals surface area contributed by atoms with Gasteiger partial charge in [-0.25, -0.2) is 0 Å². The Morgan fingerprint density at radius 3 is 2.15 bits per heavy atom. The summed E-state index contributed by atoms with van der Waals surface area (Å²) in [5, 5.41) is 3.88. The van der Waals surface area contributed by atoms with Crippen molar-refractivity contribution in [3.63, 3.8) is 0 Å². The number of hydrogen-bond donors (Lipinski definition) is 1. The smallest absolute Gasteiger partial charge is 0.0594 e. The molecule has 1 rings (SSSR count). The van der Waals surface area contributed by atoms with Gasteiger partial charge in [-0.1, -0.05) is 40.5 Å². The molecule has 1 aliphatic heterocycles. The zero-order valence-electron chi connectivity index (χ0n) is 14.4. The van der Waals surface area contributed by atoms with Crippen LogP contribution in [0.2, 0.25) is 0 Å². The number of hydrogen-bond acceptors (Lipinski definition) is 3. The van der Waals surface area contributed by atoms with Crippen molar-refractivity contribution in [1.29, 1.82) is 0 Å². The Balaban J connectivity index is 2.90. The first-order chi connectivity index (χ1) is 9.63. The fraction of sp³-hybridized carbons (Fsp3) is 1.00. The molecule has 120 valence electrons. The van der Waals surface area contributed by atoms with Crippen molar-refractivity contribution in [2.75, 3.05) is 32.8 Å². The minimum absolute atomic E-state index is 0.246. The molecule has 0 aromatic rings. The monoisotopic (exact) mass is 284 g/mol. The van der Waals surface area contributed by atoms with Crippen molar-refractivity contribution in [2.45, 2.75) is 71.9 Å². The molecule has 2 unspecified atom stereocenters. The van der Waals surface area contributed by atoms with E-state index in [1.807, 2.05) is 0 Å². The summed E-state index contributed by atoms with van der Waals surface area (Å²) in [6, 6.07) is 0.584. The van der Waals surface area contributed by atoms with Crippen LogP contribution in [0.15, 0.2) is 0 Å². The third-order valence-corrected chi connectivity index (χ3v) is 5.25. The van der Waals surface area contributed by atoms with E-state index in [9.17, 15) is 0 Å². The Morgan fingerprint density at radius 1 is 1.10 bits per heavy atom. The second kappa shape index (κ2) is 9.01. The maximum atomic E-state index is 5.55. The minimum Gasteiger partial charge on any atom is -0.379 e. The van der Waals surface area contributed by atoms with Crippen LogP contribution in [0.3, 0.4) is 0 Å². The summed E-state index contributed by atoms with van der Waals surface area (Å²) in [5.41, 5.74) is 0.246. The predicted octanol–water partition coefficient (Wildman–Crippen LogP) is 3.29. The largest absolute Gasteiger partial charge is 0.379 e. The van der Waals surface area contributed by atoms with E-state index in [1.165, 1.54) is 25.7 Å². The average Bonchev–Trinajstić information content (AvgIpc) is 2.51. The molecule has 1 saturated heterocycles. The average molecular weight is 284 g/mol. The highest BCUT2D eigenvalue weighted by molar-refractivity contribution is 4.99. The standard InChI is InChI=1S/C17H36N2O/c1-6-10-18-16(15(7-2)8-3)17(5,9-4)19-11-13-20-14-12-19/h15-16,18H,6-14H2,1-5H3. The molecular weight excluding hydrogens is 248 g/mol. The van der Waals surface area contributed by atoms with Crippen LogP contribution < -0.4 is 5.32 Å². The fourth-order valence-corrected chi connectivity index (χ4v) is 3.67. The van der Waals surface area contributed by atoms with Gasteiger partial charge < -0.3 is 10.1 Å². The zero-order valence-corrected chi connectivity index (χ0v) is 14.4. The van der Waals surface area contributed by atoms with Gasteiger partial charge in [-0.3, -0.25) is 4.90 Å². The molecule has 3 nitrogen and oxygen atoms in total. The van der Waals surface area contributed by atoms with E-state index in [0.29, 0.717) is 6.04 Å². The van der Waals surface area contributed by atoms with Crippen LogP contribution in [0.4, 0.5) is 0 Å². The molecule has 2 atom stereocenters. The third-order valence-electron chi connectivity index (χ3n) is 5.25. The molecule has 1 N–H and O–H groups in total. The van der Waals surface area contributed by atoms with Crippen LogP contribution in [0.5, 0.6) is 0 Å². The zero-order chi connectivity index (χ0) is 15.0. The Morgan fingerprint density at radius 2 is 1.70 bits per heavy atom. The van der Waals surface area contributed by atoms with Crippen LogP contribution in [0.1, 0.15) is 60.3 Å². The van der Waals surface area contributed by atoms with Crippen molar-refractivity contribution in [3.05, 3.63) is 0 Å². The highest BCUT2D eigenvalue weighted by Crippen LogP contribution is 2.31. The van der Waals surface area contributed by atoms with Crippen molar-refractivity contribution >= 4 is 0 Å². The van der Waals surface area contributed by atoms with Gasteiger partial charge in [-0.05, 0) is 32.2 Å². The van der Waals surface area contributed by atoms with E-state index < -0.39 is 0 Å². The van der Waals surface area contributed by atoms with Crippen LogP contribution in [-0.4, -0.2) is 49.3 Å². The topological polar surface area (TPSA) is 24.5 Å². The minimum atomic E-state index is 0.246. The number of rotatable bonds is 9.